The summed E-state index contributed by atoms with van der Waals surface area (Å²) in [6.45, 7) is 6.58. The van der Waals surface area contributed by atoms with Crippen LogP contribution in [0, 0.1) is 0 Å². The Morgan fingerprint density at radius 1 is 1.42 bits per heavy atom. The predicted octanol–water partition coefficient (Wildman–Crippen LogP) is 1.20. The average Bonchev–Trinajstić information content (AvgIpc) is 2.06. The number of hydrogen-bond donors (Lipinski definition) is 1. The molecule has 0 saturated heterocycles. The van der Waals surface area contributed by atoms with Gasteiger partial charge in [-0.3, -0.25) is 0 Å². The highest BCUT2D eigenvalue weighted by atomic mass is 16.5. The van der Waals surface area contributed by atoms with Gasteiger partial charge in [-0.2, -0.15) is 0 Å². The van der Waals surface area contributed by atoms with Gasteiger partial charge in [0.25, 0.3) is 0 Å². The van der Waals surface area contributed by atoms with E-state index in [0.29, 0.717) is 6.61 Å². The molecule has 0 aromatic rings. The molecule has 0 fully saturated rings. The Balaban J connectivity index is 3.65. The fraction of sp³-hybridized carbons (Fsp3) is 1.00. The molecule has 0 amide bonds. The average molecular weight is 176 g/mol. The fourth-order valence-electron chi connectivity index (χ4n) is 0.616. The van der Waals surface area contributed by atoms with Crippen molar-refractivity contribution in [2.75, 3.05) is 20.3 Å². The van der Waals surface area contributed by atoms with Crippen molar-refractivity contribution in [3.05, 3.63) is 0 Å². The quantitative estimate of drug-likeness (QED) is 0.661. The minimum absolute atomic E-state index is 0.0102. The molecule has 1 atom stereocenters. The maximum Gasteiger partial charge on any atom is 0.103 e. The Morgan fingerprint density at radius 3 is 2.33 bits per heavy atom. The third-order valence-corrected chi connectivity index (χ3v) is 2.05. The number of rotatable bonds is 6. The van der Waals surface area contributed by atoms with Crippen molar-refractivity contribution in [3.63, 3.8) is 0 Å². The van der Waals surface area contributed by atoms with E-state index in [9.17, 15) is 0 Å². The van der Waals surface area contributed by atoms with Crippen molar-refractivity contribution >= 4 is 0 Å². The van der Waals surface area contributed by atoms with Crippen molar-refractivity contribution in [1.82, 2.24) is 0 Å². The molecule has 74 valence electrons. The smallest absolute Gasteiger partial charge is 0.103 e. The molecular weight excluding hydrogens is 156 g/mol. The first kappa shape index (κ1) is 11.9. The minimum atomic E-state index is -0.198. The predicted molar refractivity (Wildman–Crippen MR) is 48.2 cm³/mol. The summed E-state index contributed by atoms with van der Waals surface area (Å²) in [5, 5.41) is 8.79. The molecule has 0 aliphatic carbocycles. The van der Waals surface area contributed by atoms with E-state index in [4.69, 9.17) is 14.6 Å². The van der Waals surface area contributed by atoms with E-state index in [1.165, 1.54) is 0 Å². The highest BCUT2D eigenvalue weighted by Gasteiger charge is 2.17. The molecule has 0 spiro atoms. The highest BCUT2D eigenvalue weighted by molar-refractivity contribution is 4.66. The molecule has 0 aliphatic heterocycles. The van der Waals surface area contributed by atoms with E-state index in [0.717, 1.165) is 6.42 Å². The van der Waals surface area contributed by atoms with E-state index >= 15 is 0 Å². The summed E-state index contributed by atoms with van der Waals surface area (Å²) in [4.78, 5) is 0. The van der Waals surface area contributed by atoms with Crippen molar-refractivity contribution in [3.8, 4) is 0 Å². The molecule has 0 saturated carbocycles. The van der Waals surface area contributed by atoms with Crippen molar-refractivity contribution in [2.45, 2.75) is 38.9 Å². The Hall–Kier alpha value is -0.120. The second-order valence-corrected chi connectivity index (χ2v) is 3.46. The highest BCUT2D eigenvalue weighted by Crippen LogP contribution is 2.13. The number of aliphatic hydroxyl groups excluding tert-OH is 1. The molecule has 1 N–H and O–H groups in total. The van der Waals surface area contributed by atoms with Crippen LogP contribution in [0.15, 0.2) is 0 Å². The number of methoxy groups -OCH3 is 1. The van der Waals surface area contributed by atoms with Crippen molar-refractivity contribution in [1.29, 1.82) is 0 Å². The summed E-state index contributed by atoms with van der Waals surface area (Å²) in [5.41, 5.74) is -0.119. The molecule has 0 aromatic carbocycles. The largest absolute Gasteiger partial charge is 0.394 e. The molecule has 0 rings (SSSR count). The van der Waals surface area contributed by atoms with E-state index in [1.54, 1.807) is 7.11 Å². The van der Waals surface area contributed by atoms with E-state index in [1.807, 2.05) is 13.8 Å². The third kappa shape index (κ3) is 4.70. The van der Waals surface area contributed by atoms with Crippen LogP contribution in [0.5, 0.6) is 0 Å². The van der Waals surface area contributed by atoms with Crippen LogP contribution in [0.25, 0.3) is 0 Å². The Kier molecular flexibility index (Phi) is 5.46. The lowest BCUT2D eigenvalue weighted by molar-refractivity contribution is -0.0834. The zero-order chi connectivity index (χ0) is 9.61. The summed E-state index contributed by atoms with van der Waals surface area (Å²) in [6.07, 6.45) is 0.755. The summed E-state index contributed by atoms with van der Waals surface area (Å²) >= 11 is 0. The second kappa shape index (κ2) is 5.51. The van der Waals surface area contributed by atoms with Gasteiger partial charge < -0.3 is 14.6 Å². The van der Waals surface area contributed by atoms with Crippen LogP contribution >= 0.6 is 0 Å². The standard InChI is InChI=1S/C9H20O3/c1-5-9(2,3)12-7-8(6-10)11-4/h8,10H,5-7H2,1-4H3. The Labute approximate surface area is 74.7 Å². The van der Waals surface area contributed by atoms with Gasteiger partial charge in [0.2, 0.25) is 0 Å². The first-order valence-corrected chi connectivity index (χ1v) is 4.33. The first-order valence-electron chi connectivity index (χ1n) is 4.33. The lowest BCUT2D eigenvalue weighted by Crippen LogP contribution is -2.31. The molecule has 3 nitrogen and oxygen atoms in total. The molecule has 3 heteroatoms. The first-order chi connectivity index (χ1) is 5.55. The van der Waals surface area contributed by atoms with Gasteiger partial charge in [-0.25, -0.2) is 0 Å². The van der Waals surface area contributed by atoms with Crippen LogP contribution in [0.3, 0.4) is 0 Å². The zero-order valence-electron chi connectivity index (χ0n) is 8.46. The Bertz CT molecular complexity index is 108. The van der Waals surface area contributed by atoms with E-state index in [2.05, 4.69) is 6.92 Å². The van der Waals surface area contributed by atoms with Gasteiger partial charge in [-0.05, 0) is 20.3 Å². The van der Waals surface area contributed by atoms with Gasteiger partial charge in [0.15, 0.2) is 0 Å². The van der Waals surface area contributed by atoms with Crippen LogP contribution in [0.4, 0.5) is 0 Å². The molecule has 0 aliphatic rings. The lowest BCUT2D eigenvalue weighted by atomic mass is 10.1. The van der Waals surface area contributed by atoms with Crippen LogP contribution in [0.1, 0.15) is 27.2 Å². The zero-order valence-corrected chi connectivity index (χ0v) is 8.46. The number of aliphatic hydroxyl groups is 1. The monoisotopic (exact) mass is 176 g/mol. The summed E-state index contributed by atoms with van der Waals surface area (Å²) < 4.78 is 10.5. The summed E-state index contributed by atoms with van der Waals surface area (Å²) in [5.74, 6) is 0. The van der Waals surface area contributed by atoms with Gasteiger partial charge in [-0.15, -0.1) is 0 Å². The lowest BCUT2D eigenvalue weighted by Gasteiger charge is -2.25. The van der Waals surface area contributed by atoms with Crippen LogP contribution < -0.4 is 0 Å². The second-order valence-electron chi connectivity index (χ2n) is 3.46. The third-order valence-electron chi connectivity index (χ3n) is 2.05. The molecule has 0 aromatic heterocycles. The maximum absolute atomic E-state index is 8.79. The molecular formula is C9H20O3. The normalized spacial score (nSPS) is 14.8. The SMILES string of the molecule is CCC(C)(C)OCC(CO)OC. The van der Waals surface area contributed by atoms with E-state index < -0.39 is 0 Å². The van der Waals surface area contributed by atoms with Gasteiger partial charge in [0, 0.05) is 7.11 Å². The fourth-order valence-corrected chi connectivity index (χ4v) is 0.616. The summed E-state index contributed by atoms with van der Waals surface area (Å²) in [7, 11) is 1.57. The number of ether oxygens (including phenoxy) is 2. The van der Waals surface area contributed by atoms with Gasteiger partial charge in [-0.1, -0.05) is 6.92 Å². The molecule has 0 bridgehead atoms. The van der Waals surface area contributed by atoms with Crippen LogP contribution in [-0.4, -0.2) is 37.1 Å². The van der Waals surface area contributed by atoms with Gasteiger partial charge in [0.1, 0.15) is 6.10 Å². The van der Waals surface area contributed by atoms with Crippen LogP contribution in [-0.2, 0) is 9.47 Å². The van der Waals surface area contributed by atoms with Crippen LogP contribution in [0.2, 0.25) is 0 Å². The molecule has 0 radical (unpaired) electrons. The Morgan fingerprint density at radius 2 is 2.00 bits per heavy atom. The maximum atomic E-state index is 8.79. The molecule has 1 unspecified atom stereocenters. The molecule has 12 heavy (non-hydrogen) atoms. The summed E-state index contributed by atoms with van der Waals surface area (Å²) in [6, 6.07) is 0. The minimum Gasteiger partial charge on any atom is -0.394 e. The van der Waals surface area contributed by atoms with Gasteiger partial charge in [0.05, 0.1) is 18.8 Å². The molecule has 0 heterocycles. The van der Waals surface area contributed by atoms with Crippen molar-refractivity contribution < 1.29 is 14.6 Å². The van der Waals surface area contributed by atoms with Crippen molar-refractivity contribution in [2.24, 2.45) is 0 Å². The number of hydrogen-bond acceptors (Lipinski definition) is 3. The van der Waals surface area contributed by atoms with Gasteiger partial charge >= 0.3 is 0 Å². The van der Waals surface area contributed by atoms with E-state index in [-0.39, 0.29) is 18.3 Å². The topological polar surface area (TPSA) is 38.7 Å².